The molecule has 0 atom stereocenters. The third-order valence-electron chi connectivity index (χ3n) is 6.03. The summed E-state index contributed by atoms with van der Waals surface area (Å²) < 4.78 is 0. The Morgan fingerprint density at radius 1 is 1.00 bits per heavy atom. The zero-order chi connectivity index (χ0) is 18.6. The molecule has 1 aliphatic carbocycles. The van der Waals surface area contributed by atoms with Crippen molar-refractivity contribution in [3.8, 4) is 0 Å². The smallest absolute Gasteiger partial charge is 0.317 e. The van der Waals surface area contributed by atoms with Crippen LogP contribution in [0.3, 0.4) is 0 Å². The van der Waals surface area contributed by atoms with Crippen molar-refractivity contribution < 1.29 is 9.59 Å². The van der Waals surface area contributed by atoms with Crippen molar-refractivity contribution >= 4 is 11.9 Å². The molecule has 1 saturated carbocycles. The van der Waals surface area contributed by atoms with E-state index in [1.54, 1.807) is 4.90 Å². The van der Waals surface area contributed by atoms with E-state index in [-0.39, 0.29) is 18.5 Å². The summed E-state index contributed by atoms with van der Waals surface area (Å²) in [6, 6.07) is 11.0. The predicted octanol–water partition coefficient (Wildman–Crippen LogP) is 1.91. The molecule has 27 heavy (non-hydrogen) atoms. The maximum atomic E-state index is 12.4. The van der Waals surface area contributed by atoms with E-state index < -0.39 is 0 Å². The molecule has 6 nitrogen and oxygen atoms in total. The lowest BCUT2D eigenvalue weighted by molar-refractivity contribution is -0.135. The highest BCUT2D eigenvalue weighted by molar-refractivity contribution is 5.85. The number of benzene rings is 1. The van der Waals surface area contributed by atoms with Crippen molar-refractivity contribution in [3.63, 3.8) is 0 Å². The number of rotatable bonds is 5. The molecule has 0 radical (unpaired) electrons. The Bertz CT molecular complexity index is 653. The SMILES string of the molecule is O=C(NCC1CCN(Cc2ccccc2)CC1)N1CCN(C2CC2)C(=O)C1. The zero-order valence-corrected chi connectivity index (χ0v) is 16.0. The van der Waals surface area contributed by atoms with Crippen molar-refractivity contribution in [2.75, 3.05) is 39.3 Å². The van der Waals surface area contributed by atoms with E-state index in [1.165, 1.54) is 5.56 Å². The summed E-state index contributed by atoms with van der Waals surface area (Å²) in [6.45, 7) is 5.46. The van der Waals surface area contributed by atoms with Crippen LogP contribution in [0.15, 0.2) is 30.3 Å². The Balaban J connectivity index is 1.15. The van der Waals surface area contributed by atoms with E-state index in [1.807, 2.05) is 4.90 Å². The van der Waals surface area contributed by atoms with Gasteiger partial charge in [0.1, 0.15) is 6.54 Å². The van der Waals surface area contributed by atoms with Crippen LogP contribution in [0, 0.1) is 5.92 Å². The number of urea groups is 1. The van der Waals surface area contributed by atoms with E-state index in [4.69, 9.17) is 0 Å². The maximum Gasteiger partial charge on any atom is 0.317 e. The Kier molecular flexibility index (Phi) is 5.62. The van der Waals surface area contributed by atoms with Crippen LogP contribution < -0.4 is 5.32 Å². The van der Waals surface area contributed by atoms with Gasteiger partial charge in [-0.2, -0.15) is 0 Å². The van der Waals surface area contributed by atoms with Crippen LogP contribution >= 0.6 is 0 Å². The number of nitrogens with zero attached hydrogens (tertiary/aromatic N) is 3. The van der Waals surface area contributed by atoms with Crippen LogP contribution in [0.25, 0.3) is 0 Å². The van der Waals surface area contributed by atoms with Gasteiger partial charge in [-0.15, -0.1) is 0 Å². The Hall–Kier alpha value is -2.08. The van der Waals surface area contributed by atoms with Gasteiger partial charge in [-0.05, 0) is 50.3 Å². The minimum atomic E-state index is -0.0782. The lowest BCUT2D eigenvalue weighted by Crippen LogP contribution is -2.55. The van der Waals surface area contributed by atoms with Gasteiger partial charge in [-0.1, -0.05) is 30.3 Å². The first kappa shape index (κ1) is 18.3. The van der Waals surface area contributed by atoms with Crippen LogP contribution in [-0.4, -0.2) is 71.9 Å². The first-order chi connectivity index (χ1) is 13.2. The molecule has 2 heterocycles. The molecular formula is C21H30N4O2. The van der Waals surface area contributed by atoms with Crippen LogP contribution in [0.4, 0.5) is 4.79 Å². The highest BCUT2D eigenvalue weighted by Crippen LogP contribution is 2.28. The van der Waals surface area contributed by atoms with Gasteiger partial charge in [0.2, 0.25) is 5.91 Å². The molecule has 0 bridgehead atoms. The van der Waals surface area contributed by atoms with Gasteiger partial charge in [-0.3, -0.25) is 9.69 Å². The maximum absolute atomic E-state index is 12.4. The molecular weight excluding hydrogens is 340 g/mol. The average Bonchev–Trinajstić information content (AvgIpc) is 3.53. The molecule has 1 aromatic rings. The van der Waals surface area contributed by atoms with Gasteiger partial charge >= 0.3 is 6.03 Å². The van der Waals surface area contributed by atoms with Crippen molar-refractivity contribution in [1.82, 2.24) is 20.0 Å². The van der Waals surface area contributed by atoms with Crippen LogP contribution in [-0.2, 0) is 11.3 Å². The van der Waals surface area contributed by atoms with Crippen LogP contribution in [0.5, 0.6) is 0 Å². The standard InChI is InChI=1S/C21H30N4O2/c26-20-16-24(12-13-25(20)19-6-7-19)21(27)22-14-17-8-10-23(11-9-17)15-18-4-2-1-3-5-18/h1-5,17,19H,6-16H2,(H,22,27). The zero-order valence-electron chi connectivity index (χ0n) is 16.0. The van der Waals surface area contributed by atoms with Crippen molar-refractivity contribution in [3.05, 3.63) is 35.9 Å². The summed E-state index contributed by atoms with van der Waals surface area (Å²) in [5, 5.41) is 3.06. The molecule has 0 spiro atoms. The van der Waals surface area contributed by atoms with E-state index >= 15 is 0 Å². The third-order valence-corrected chi connectivity index (χ3v) is 6.03. The number of likely N-dealkylation sites (tertiary alicyclic amines) is 1. The van der Waals surface area contributed by atoms with Crippen molar-refractivity contribution in [1.29, 1.82) is 0 Å². The number of carbonyl (C=O) groups is 2. The van der Waals surface area contributed by atoms with Gasteiger partial charge in [0.15, 0.2) is 0 Å². The summed E-state index contributed by atoms with van der Waals surface area (Å²) in [5.74, 6) is 0.637. The van der Waals surface area contributed by atoms with E-state index in [9.17, 15) is 9.59 Å². The third kappa shape index (κ3) is 4.80. The molecule has 3 amide bonds. The average molecular weight is 370 g/mol. The lowest BCUT2D eigenvalue weighted by atomic mass is 9.96. The molecule has 0 aromatic heterocycles. The molecule has 4 rings (SSSR count). The quantitative estimate of drug-likeness (QED) is 0.862. The first-order valence-corrected chi connectivity index (χ1v) is 10.3. The summed E-state index contributed by atoms with van der Waals surface area (Å²) in [6.07, 6.45) is 4.48. The monoisotopic (exact) mass is 370 g/mol. The van der Waals surface area contributed by atoms with Gasteiger partial charge < -0.3 is 15.1 Å². The molecule has 2 aliphatic heterocycles. The Morgan fingerprint density at radius 3 is 2.41 bits per heavy atom. The predicted molar refractivity (Wildman–Crippen MR) is 104 cm³/mol. The highest BCUT2D eigenvalue weighted by Gasteiger charge is 2.36. The molecule has 3 fully saturated rings. The molecule has 3 aliphatic rings. The Labute approximate surface area is 161 Å². The van der Waals surface area contributed by atoms with Gasteiger partial charge in [0, 0.05) is 32.2 Å². The first-order valence-electron chi connectivity index (χ1n) is 10.3. The van der Waals surface area contributed by atoms with Gasteiger partial charge in [0.25, 0.3) is 0 Å². The fourth-order valence-corrected chi connectivity index (χ4v) is 4.17. The molecule has 1 N–H and O–H groups in total. The molecule has 146 valence electrons. The molecule has 6 heteroatoms. The van der Waals surface area contributed by atoms with E-state index in [2.05, 4.69) is 40.5 Å². The largest absolute Gasteiger partial charge is 0.338 e. The van der Waals surface area contributed by atoms with E-state index in [0.29, 0.717) is 25.0 Å². The summed E-state index contributed by atoms with van der Waals surface area (Å²) >= 11 is 0. The van der Waals surface area contributed by atoms with Crippen LogP contribution in [0.1, 0.15) is 31.2 Å². The number of hydrogen-bond donors (Lipinski definition) is 1. The normalized spacial score (nSPS) is 22.1. The Morgan fingerprint density at radius 2 is 1.74 bits per heavy atom. The summed E-state index contributed by atoms with van der Waals surface area (Å²) in [5.41, 5.74) is 1.36. The second kappa shape index (κ2) is 8.30. The number of nitrogens with one attached hydrogen (secondary N) is 1. The van der Waals surface area contributed by atoms with Gasteiger partial charge in [0.05, 0.1) is 0 Å². The number of hydrogen-bond acceptors (Lipinski definition) is 3. The molecule has 2 saturated heterocycles. The summed E-state index contributed by atoms with van der Waals surface area (Å²) in [4.78, 5) is 30.7. The second-order valence-electron chi connectivity index (χ2n) is 8.13. The highest BCUT2D eigenvalue weighted by atomic mass is 16.2. The fraction of sp³-hybridized carbons (Fsp3) is 0.619. The summed E-state index contributed by atoms with van der Waals surface area (Å²) in [7, 11) is 0. The number of carbonyl (C=O) groups excluding carboxylic acids is 2. The van der Waals surface area contributed by atoms with Gasteiger partial charge in [-0.25, -0.2) is 4.79 Å². The second-order valence-corrected chi connectivity index (χ2v) is 8.13. The fourth-order valence-electron chi connectivity index (χ4n) is 4.17. The molecule has 1 aromatic carbocycles. The topological polar surface area (TPSA) is 55.9 Å². The number of amides is 3. The number of piperazine rings is 1. The molecule has 0 unspecified atom stereocenters. The lowest BCUT2D eigenvalue weighted by Gasteiger charge is -2.35. The van der Waals surface area contributed by atoms with Crippen molar-refractivity contribution in [2.45, 2.75) is 38.3 Å². The minimum Gasteiger partial charge on any atom is -0.338 e. The minimum absolute atomic E-state index is 0.0782. The van der Waals surface area contributed by atoms with E-state index in [0.717, 1.165) is 51.9 Å². The number of piperidine rings is 1. The van der Waals surface area contributed by atoms with Crippen molar-refractivity contribution in [2.24, 2.45) is 5.92 Å². The van der Waals surface area contributed by atoms with Crippen LogP contribution in [0.2, 0.25) is 0 Å².